The third-order valence-corrected chi connectivity index (χ3v) is 3.87. The normalized spacial score (nSPS) is 11.3. The Kier molecular flexibility index (Phi) is 4.06. The van der Waals surface area contributed by atoms with Crippen LogP contribution in [0.15, 0.2) is 46.1 Å². The van der Waals surface area contributed by atoms with Crippen LogP contribution < -0.4 is 11.2 Å². The van der Waals surface area contributed by atoms with Gasteiger partial charge in [-0.15, -0.1) is 0 Å². The fraction of sp³-hybridized carbons (Fsp3) is 0.111. The van der Waals surface area contributed by atoms with Crippen molar-refractivity contribution in [3.8, 4) is 0 Å². The molecule has 0 atom stereocenters. The van der Waals surface area contributed by atoms with E-state index in [-0.39, 0.29) is 5.56 Å². The van der Waals surface area contributed by atoms with E-state index in [4.69, 9.17) is 0 Å². The lowest BCUT2D eigenvalue weighted by Gasteiger charge is -2.05. The van der Waals surface area contributed by atoms with E-state index in [0.717, 1.165) is 4.57 Å². The minimum absolute atomic E-state index is 0.138. The molecule has 0 aliphatic carbocycles. The molecule has 3 rings (SSSR count). The van der Waals surface area contributed by atoms with Gasteiger partial charge in [0.05, 0.1) is 22.3 Å². The molecule has 7 heteroatoms. The molecule has 0 fully saturated rings. The first kappa shape index (κ1) is 16.4. The van der Waals surface area contributed by atoms with Crippen LogP contribution in [0.25, 0.3) is 23.1 Å². The second-order valence-corrected chi connectivity index (χ2v) is 5.59. The van der Waals surface area contributed by atoms with Gasteiger partial charge in [0.1, 0.15) is 0 Å². The molecule has 1 aromatic carbocycles. The lowest BCUT2D eigenvalue weighted by Crippen LogP contribution is -2.37. The number of benzene rings is 1. The first-order chi connectivity index (χ1) is 11.9. The van der Waals surface area contributed by atoms with E-state index in [9.17, 15) is 19.5 Å². The van der Waals surface area contributed by atoms with Crippen LogP contribution in [0.2, 0.25) is 0 Å². The van der Waals surface area contributed by atoms with E-state index in [1.54, 1.807) is 37.4 Å². The van der Waals surface area contributed by atoms with Crippen molar-refractivity contribution in [3.63, 3.8) is 0 Å². The van der Waals surface area contributed by atoms with Gasteiger partial charge in [-0.05, 0) is 24.3 Å². The number of fused-ring (bicyclic) bond motifs is 1. The molecular formula is C18H15N3O4. The van der Waals surface area contributed by atoms with E-state index in [2.05, 4.69) is 4.98 Å². The predicted octanol–water partition coefficient (Wildman–Crippen LogP) is 1.50. The second-order valence-electron chi connectivity index (χ2n) is 5.59. The van der Waals surface area contributed by atoms with Crippen molar-refractivity contribution >= 4 is 29.0 Å². The number of carboxylic acid groups (broad SMARTS) is 1. The van der Waals surface area contributed by atoms with Crippen LogP contribution in [0.1, 0.15) is 21.6 Å². The lowest BCUT2D eigenvalue weighted by molar-refractivity contribution is 0.0699. The first-order valence-electron chi connectivity index (χ1n) is 7.46. The summed E-state index contributed by atoms with van der Waals surface area (Å²) in [5.74, 6) is -1.05. The van der Waals surface area contributed by atoms with Crippen LogP contribution in [-0.4, -0.2) is 25.2 Å². The standard InChI is InChI=1S/C18H15N3O4/c1-20-10-11(16(22)21(2)18(20)25)7-8-12-9-14(17(23)24)13-5-3-4-6-15(13)19-12/h3-10H,1-2H3,(H,23,24)/b8-7+. The number of carboxylic acids is 1. The zero-order chi connectivity index (χ0) is 18.1. The number of nitrogens with zero attached hydrogens (tertiary/aromatic N) is 3. The maximum absolute atomic E-state index is 12.1. The van der Waals surface area contributed by atoms with E-state index in [1.165, 1.54) is 30.0 Å². The molecule has 0 aliphatic rings. The summed E-state index contributed by atoms with van der Waals surface area (Å²) >= 11 is 0. The van der Waals surface area contributed by atoms with Crippen molar-refractivity contribution in [2.75, 3.05) is 0 Å². The summed E-state index contributed by atoms with van der Waals surface area (Å²) in [5.41, 5.74) is 0.551. The van der Waals surface area contributed by atoms with Crippen molar-refractivity contribution in [2.24, 2.45) is 14.1 Å². The Morgan fingerprint density at radius 2 is 1.88 bits per heavy atom. The van der Waals surface area contributed by atoms with Crippen molar-refractivity contribution in [3.05, 3.63) is 74.2 Å². The fourth-order valence-electron chi connectivity index (χ4n) is 2.58. The van der Waals surface area contributed by atoms with Crippen molar-refractivity contribution in [2.45, 2.75) is 0 Å². The number of aromatic carboxylic acids is 1. The third-order valence-electron chi connectivity index (χ3n) is 3.87. The summed E-state index contributed by atoms with van der Waals surface area (Å²) in [6.07, 6.45) is 4.50. The number of hydrogen-bond donors (Lipinski definition) is 1. The Morgan fingerprint density at radius 1 is 1.16 bits per heavy atom. The van der Waals surface area contributed by atoms with E-state index < -0.39 is 17.2 Å². The molecule has 0 unspecified atom stereocenters. The van der Waals surface area contributed by atoms with Gasteiger partial charge in [0.2, 0.25) is 0 Å². The van der Waals surface area contributed by atoms with Crippen LogP contribution in [0, 0.1) is 0 Å². The van der Waals surface area contributed by atoms with Crippen LogP contribution in [-0.2, 0) is 14.1 Å². The summed E-state index contributed by atoms with van der Waals surface area (Å²) in [5, 5.41) is 9.94. The molecule has 126 valence electrons. The first-order valence-corrected chi connectivity index (χ1v) is 7.46. The average Bonchev–Trinajstić information content (AvgIpc) is 2.61. The minimum Gasteiger partial charge on any atom is -0.478 e. The largest absolute Gasteiger partial charge is 0.478 e. The number of carbonyl (C=O) groups is 1. The smallest absolute Gasteiger partial charge is 0.336 e. The second kappa shape index (κ2) is 6.20. The van der Waals surface area contributed by atoms with E-state index in [0.29, 0.717) is 22.2 Å². The van der Waals surface area contributed by atoms with Crippen molar-refractivity contribution < 1.29 is 9.90 Å². The van der Waals surface area contributed by atoms with Gasteiger partial charge in [-0.1, -0.05) is 18.2 Å². The zero-order valence-corrected chi connectivity index (χ0v) is 13.6. The molecule has 0 saturated heterocycles. The lowest BCUT2D eigenvalue weighted by atomic mass is 10.1. The SMILES string of the molecule is Cn1cc(/C=C/c2cc(C(=O)O)c3ccccc3n2)c(=O)n(C)c1=O. The number of para-hydroxylation sites is 1. The molecule has 25 heavy (non-hydrogen) atoms. The molecule has 0 bridgehead atoms. The highest BCUT2D eigenvalue weighted by molar-refractivity contribution is 6.03. The number of rotatable bonds is 3. The maximum Gasteiger partial charge on any atom is 0.336 e. The third kappa shape index (κ3) is 2.99. The van der Waals surface area contributed by atoms with Gasteiger partial charge in [-0.3, -0.25) is 9.36 Å². The summed E-state index contributed by atoms with van der Waals surface area (Å²) in [4.78, 5) is 39.7. The summed E-state index contributed by atoms with van der Waals surface area (Å²) in [7, 11) is 2.95. The summed E-state index contributed by atoms with van der Waals surface area (Å²) < 4.78 is 2.31. The number of aryl methyl sites for hydroxylation is 1. The topological polar surface area (TPSA) is 94.2 Å². The quantitative estimate of drug-likeness (QED) is 0.781. The van der Waals surface area contributed by atoms with Gasteiger partial charge in [0.15, 0.2) is 0 Å². The molecule has 0 amide bonds. The molecule has 2 heterocycles. The van der Waals surface area contributed by atoms with Gasteiger partial charge in [0, 0.05) is 25.7 Å². The molecular weight excluding hydrogens is 322 g/mol. The minimum atomic E-state index is -1.05. The Bertz CT molecular complexity index is 1140. The molecule has 0 aliphatic heterocycles. The van der Waals surface area contributed by atoms with Gasteiger partial charge in [0.25, 0.3) is 5.56 Å². The maximum atomic E-state index is 12.1. The van der Waals surface area contributed by atoms with Crippen molar-refractivity contribution in [1.29, 1.82) is 0 Å². The highest BCUT2D eigenvalue weighted by atomic mass is 16.4. The van der Waals surface area contributed by atoms with Gasteiger partial charge in [-0.2, -0.15) is 0 Å². The molecule has 0 radical (unpaired) electrons. The van der Waals surface area contributed by atoms with E-state index in [1.807, 2.05) is 0 Å². The van der Waals surface area contributed by atoms with Crippen LogP contribution >= 0.6 is 0 Å². The molecule has 2 aromatic heterocycles. The summed E-state index contributed by atoms with van der Waals surface area (Å²) in [6, 6.07) is 8.40. The van der Waals surface area contributed by atoms with Crippen molar-refractivity contribution in [1.82, 2.24) is 14.1 Å². The number of aromatic nitrogens is 3. The molecule has 1 N–H and O–H groups in total. The average molecular weight is 337 g/mol. The Balaban J connectivity index is 2.13. The fourth-order valence-corrected chi connectivity index (χ4v) is 2.58. The van der Waals surface area contributed by atoms with Crippen LogP contribution in [0.3, 0.4) is 0 Å². The van der Waals surface area contributed by atoms with E-state index >= 15 is 0 Å². The Hall–Kier alpha value is -3.48. The summed E-state index contributed by atoms with van der Waals surface area (Å²) in [6.45, 7) is 0. The van der Waals surface area contributed by atoms with Gasteiger partial charge < -0.3 is 9.67 Å². The molecule has 3 aromatic rings. The predicted molar refractivity (Wildman–Crippen MR) is 94.6 cm³/mol. The Morgan fingerprint density at radius 3 is 2.60 bits per heavy atom. The monoisotopic (exact) mass is 337 g/mol. The van der Waals surface area contributed by atoms with Crippen LogP contribution in [0.4, 0.5) is 0 Å². The van der Waals surface area contributed by atoms with Gasteiger partial charge in [-0.25, -0.2) is 14.6 Å². The molecule has 0 spiro atoms. The highest BCUT2D eigenvalue weighted by Crippen LogP contribution is 2.19. The number of pyridine rings is 1. The molecule has 0 saturated carbocycles. The van der Waals surface area contributed by atoms with Crippen LogP contribution in [0.5, 0.6) is 0 Å². The molecule has 7 nitrogen and oxygen atoms in total. The van der Waals surface area contributed by atoms with Gasteiger partial charge >= 0.3 is 11.7 Å². The number of hydrogen-bond acceptors (Lipinski definition) is 4. The highest BCUT2D eigenvalue weighted by Gasteiger charge is 2.10. The zero-order valence-electron chi connectivity index (χ0n) is 13.6. The Labute approximate surface area is 142 Å².